The summed E-state index contributed by atoms with van der Waals surface area (Å²) in [6, 6.07) is 6.01. The summed E-state index contributed by atoms with van der Waals surface area (Å²) in [7, 11) is -3.70. The van der Waals surface area contributed by atoms with E-state index in [1.807, 2.05) is 0 Å². The number of thiophene rings is 1. The molecule has 11 heteroatoms. The second-order valence-corrected chi connectivity index (χ2v) is 9.88. The minimum atomic E-state index is -4.57. The van der Waals surface area contributed by atoms with Crippen LogP contribution in [0.3, 0.4) is 0 Å². The van der Waals surface area contributed by atoms with Crippen LogP contribution >= 0.6 is 11.3 Å². The normalized spacial score (nSPS) is 18.2. The quantitative estimate of drug-likeness (QED) is 0.698. The summed E-state index contributed by atoms with van der Waals surface area (Å²) < 4.78 is 71.4. The molecule has 1 aromatic carbocycles. The van der Waals surface area contributed by atoms with E-state index in [0.29, 0.717) is 12.8 Å². The molecule has 0 aliphatic carbocycles. The van der Waals surface area contributed by atoms with E-state index in [1.165, 1.54) is 10.4 Å². The van der Waals surface area contributed by atoms with Gasteiger partial charge >= 0.3 is 6.18 Å². The number of carbonyl (C=O) groups excluding carboxylic acids is 1. The molecule has 3 rings (SSSR count). The zero-order valence-corrected chi connectivity index (χ0v) is 17.7. The van der Waals surface area contributed by atoms with Gasteiger partial charge in [0.05, 0.1) is 23.8 Å². The monoisotopic (exact) mass is 462 g/mol. The zero-order valence-electron chi connectivity index (χ0n) is 16.1. The molecule has 1 N–H and O–H groups in total. The SMILES string of the molecule is CCOc1ccc(C(F)(F)F)cc1NC(=O)C1CCCN(S(=O)(=O)c2cccs2)C1. The Balaban J connectivity index is 1.78. The summed E-state index contributed by atoms with van der Waals surface area (Å²) in [5.41, 5.74) is -0.998. The van der Waals surface area contributed by atoms with Gasteiger partial charge in [-0.2, -0.15) is 17.5 Å². The van der Waals surface area contributed by atoms with Gasteiger partial charge in [0.1, 0.15) is 9.96 Å². The summed E-state index contributed by atoms with van der Waals surface area (Å²) in [5, 5.41) is 4.16. The number of piperidine rings is 1. The molecule has 2 aromatic rings. The maximum atomic E-state index is 13.1. The molecule has 1 aliphatic rings. The standard InChI is InChI=1S/C19H21F3N2O4S2/c1-2-28-16-8-7-14(19(20,21)22)11-15(16)23-18(25)13-5-3-9-24(12-13)30(26,27)17-6-4-10-29-17/h4,6-8,10-11,13H,2-3,5,9,12H2,1H3,(H,23,25). The summed E-state index contributed by atoms with van der Waals surface area (Å²) in [5.74, 6) is -1.10. The second kappa shape index (κ2) is 8.94. The first-order valence-electron chi connectivity index (χ1n) is 9.31. The van der Waals surface area contributed by atoms with Crippen molar-refractivity contribution in [2.24, 2.45) is 5.92 Å². The Morgan fingerprint density at radius 3 is 2.73 bits per heavy atom. The fraction of sp³-hybridized carbons (Fsp3) is 0.421. The molecule has 6 nitrogen and oxygen atoms in total. The summed E-state index contributed by atoms with van der Waals surface area (Å²) in [6.07, 6.45) is -3.66. The van der Waals surface area contributed by atoms with Gasteiger partial charge in [-0.25, -0.2) is 8.42 Å². The first-order valence-corrected chi connectivity index (χ1v) is 11.6. The number of ether oxygens (including phenoxy) is 1. The number of sulfonamides is 1. The van der Waals surface area contributed by atoms with Crippen LogP contribution in [0.15, 0.2) is 39.9 Å². The van der Waals surface area contributed by atoms with E-state index in [2.05, 4.69) is 5.32 Å². The van der Waals surface area contributed by atoms with Crippen LogP contribution in [-0.4, -0.2) is 38.3 Å². The molecule has 2 heterocycles. The number of benzene rings is 1. The Morgan fingerprint density at radius 1 is 1.33 bits per heavy atom. The van der Waals surface area contributed by atoms with Crippen molar-refractivity contribution in [3.8, 4) is 5.75 Å². The van der Waals surface area contributed by atoms with Gasteiger partial charge in [-0.05, 0) is 49.4 Å². The highest BCUT2D eigenvalue weighted by Crippen LogP contribution is 2.36. The van der Waals surface area contributed by atoms with Crippen LogP contribution < -0.4 is 10.1 Å². The Hall–Kier alpha value is -2.11. The smallest absolute Gasteiger partial charge is 0.416 e. The maximum absolute atomic E-state index is 13.1. The van der Waals surface area contributed by atoms with Gasteiger partial charge in [0.2, 0.25) is 5.91 Å². The molecule has 0 saturated carbocycles. The average molecular weight is 463 g/mol. The number of hydrogen-bond donors (Lipinski definition) is 1. The molecule has 1 saturated heterocycles. The van der Waals surface area contributed by atoms with Gasteiger partial charge in [-0.3, -0.25) is 4.79 Å². The highest BCUT2D eigenvalue weighted by atomic mass is 32.2. The number of amides is 1. The Bertz CT molecular complexity index is 992. The fourth-order valence-corrected chi connectivity index (χ4v) is 5.90. The van der Waals surface area contributed by atoms with E-state index in [9.17, 15) is 26.4 Å². The molecule has 1 fully saturated rings. The molecule has 164 valence electrons. The minimum absolute atomic E-state index is 0.0327. The van der Waals surface area contributed by atoms with Gasteiger partial charge in [0, 0.05) is 13.1 Å². The molecule has 1 unspecified atom stereocenters. The minimum Gasteiger partial charge on any atom is -0.492 e. The molecule has 1 aliphatic heterocycles. The van der Waals surface area contributed by atoms with Crippen LogP contribution in [0.4, 0.5) is 18.9 Å². The van der Waals surface area contributed by atoms with Crippen LogP contribution in [0.2, 0.25) is 0 Å². The number of alkyl halides is 3. The molecular formula is C19H21F3N2O4S2. The average Bonchev–Trinajstić information content (AvgIpc) is 3.24. The van der Waals surface area contributed by atoms with Gasteiger partial charge in [0.25, 0.3) is 10.0 Å². The van der Waals surface area contributed by atoms with Crippen molar-refractivity contribution in [1.82, 2.24) is 4.31 Å². The molecule has 0 spiro atoms. The van der Waals surface area contributed by atoms with Crippen LogP contribution in [0.1, 0.15) is 25.3 Å². The van der Waals surface area contributed by atoms with E-state index in [-0.39, 0.29) is 35.3 Å². The Labute approximate surface area is 176 Å². The number of anilines is 1. The van der Waals surface area contributed by atoms with Crippen molar-refractivity contribution in [1.29, 1.82) is 0 Å². The summed E-state index contributed by atoms with van der Waals surface area (Å²) >= 11 is 1.09. The van der Waals surface area contributed by atoms with Crippen LogP contribution in [0, 0.1) is 5.92 Å². The van der Waals surface area contributed by atoms with Crippen LogP contribution in [0.5, 0.6) is 5.75 Å². The highest BCUT2D eigenvalue weighted by molar-refractivity contribution is 7.91. The van der Waals surface area contributed by atoms with Crippen molar-refractivity contribution in [3.05, 3.63) is 41.3 Å². The number of nitrogens with zero attached hydrogens (tertiary/aromatic N) is 1. The third-order valence-corrected chi connectivity index (χ3v) is 7.95. The van der Waals surface area contributed by atoms with Gasteiger partial charge in [-0.1, -0.05) is 6.07 Å². The lowest BCUT2D eigenvalue weighted by Crippen LogP contribution is -2.43. The lowest BCUT2D eigenvalue weighted by molar-refractivity contribution is -0.137. The summed E-state index contributed by atoms with van der Waals surface area (Å²) in [4.78, 5) is 12.8. The topological polar surface area (TPSA) is 75.7 Å². The van der Waals surface area contributed by atoms with Gasteiger partial charge in [0.15, 0.2) is 0 Å². The number of carbonyl (C=O) groups is 1. The molecule has 1 atom stereocenters. The third-order valence-electron chi connectivity index (χ3n) is 4.71. The molecule has 30 heavy (non-hydrogen) atoms. The van der Waals surface area contributed by atoms with E-state index < -0.39 is 33.6 Å². The Morgan fingerprint density at radius 2 is 2.10 bits per heavy atom. The summed E-state index contributed by atoms with van der Waals surface area (Å²) in [6.45, 7) is 2.15. The molecule has 0 bridgehead atoms. The predicted molar refractivity (Wildman–Crippen MR) is 107 cm³/mol. The lowest BCUT2D eigenvalue weighted by Gasteiger charge is -2.31. The lowest BCUT2D eigenvalue weighted by atomic mass is 9.98. The van der Waals surface area contributed by atoms with Crippen molar-refractivity contribution < 1.29 is 31.1 Å². The van der Waals surface area contributed by atoms with Gasteiger partial charge in [-0.15, -0.1) is 11.3 Å². The van der Waals surface area contributed by atoms with Crippen molar-refractivity contribution >= 4 is 33.0 Å². The van der Waals surface area contributed by atoms with Crippen LogP contribution in [0.25, 0.3) is 0 Å². The molecule has 0 radical (unpaired) electrons. The highest BCUT2D eigenvalue weighted by Gasteiger charge is 2.35. The third kappa shape index (κ3) is 4.96. The largest absolute Gasteiger partial charge is 0.492 e. The number of nitrogens with one attached hydrogen (secondary N) is 1. The maximum Gasteiger partial charge on any atom is 0.416 e. The fourth-order valence-electron chi connectivity index (χ4n) is 3.23. The number of hydrogen-bond acceptors (Lipinski definition) is 5. The van der Waals surface area contributed by atoms with Crippen molar-refractivity contribution in [2.75, 3.05) is 25.0 Å². The molecular weight excluding hydrogens is 441 g/mol. The van der Waals surface area contributed by atoms with Crippen molar-refractivity contribution in [3.63, 3.8) is 0 Å². The predicted octanol–water partition coefficient (Wildman–Crippen LogP) is 4.21. The van der Waals surface area contributed by atoms with E-state index >= 15 is 0 Å². The van der Waals surface area contributed by atoms with E-state index in [1.54, 1.807) is 18.4 Å². The Kier molecular flexibility index (Phi) is 6.73. The van der Waals surface area contributed by atoms with Crippen molar-refractivity contribution in [2.45, 2.75) is 30.2 Å². The zero-order chi connectivity index (χ0) is 21.9. The number of halogens is 3. The first-order chi connectivity index (χ1) is 14.1. The second-order valence-electron chi connectivity index (χ2n) is 6.77. The van der Waals surface area contributed by atoms with Gasteiger partial charge < -0.3 is 10.1 Å². The number of rotatable bonds is 6. The van der Waals surface area contributed by atoms with E-state index in [4.69, 9.17) is 4.74 Å². The molecule has 1 aromatic heterocycles. The first kappa shape index (κ1) is 22.6. The van der Waals surface area contributed by atoms with Crippen LogP contribution in [-0.2, 0) is 21.0 Å². The van der Waals surface area contributed by atoms with E-state index in [0.717, 1.165) is 29.5 Å². The molecule has 1 amide bonds.